The average molecular weight is 581 g/mol. The SMILES string of the molecule is CCOc1cc(/C=N\NC(=O)C(=O)NCc2ccc(C)cc2)ccc1OCC(=O)Nc1ccc(Br)cc1C. The summed E-state index contributed by atoms with van der Waals surface area (Å²) in [5.74, 6) is -1.20. The highest BCUT2D eigenvalue weighted by atomic mass is 79.9. The second-order valence-corrected chi connectivity index (χ2v) is 9.22. The Morgan fingerprint density at radius 1 is 0.921 bits per heavy atom. The van der Waals surface area contributed by atoms with Crippen LogP contribution in [-0.2, 0) is 20.9 Å². The Morgan fingerprint density at radius 2 is 1.68 bits per heavy atom. The molecule has 0 bridgehead atoms. The van der Waals surface area contributed by atoms with Crippen molar-refractivity contribution in [1.82, 2.24) is 10.7 Å². The van der Waals surface area contributed by atoms with Gasteiger partial charge >= 0.3 is 11.8 Å². The van der Waals surface area contributed by atoms with Crippen LogP contribution in [0.5, 0.6) is 11.5 Å². The van der Waals surface area contributed by atoms with Gasteiger partial charge < -0.3 is 20.1 Å². The van der Waals surface area contributed by atoms with Crippen molar-refractivity contribution >= 4 is 45.6 Å². The predicted octanol–water partition coefficient (Wildman–Crippen LogP) is 4.25. The number of carbonyl (C=O) groups is 3. The molecule has 0 saturated heterocycles. The van der Waals surface area contributed by atoms with Crippen LogP contribution in [0.2, 0.25) is 0 Å². The number of amides is 3. The maximum absolute atomic E-state index is 12.4. The maximum atomic E-state index is 12.4. The van der Waals surface area contributed by atoms with Crippen LogP contribution in [0.25, 0.3) is 0 Å². The van der Waals surface area contributed by atoms with Crippen LogP contribution in [0, 0.1) is 13.8 Å². The molecule has 0 aliphatic heterocycles. The minimum absolute atomic E-state index is 0.212. The first kappa shape index (κ1) is 28.4. The van der Waals surface area contributed by atoms with E-state index in [1.807, 2.05) is 63.2 Å². The van der Waals surface area contributed by atoms with E-state index in [4.69, 9.17) is 9.47 Å². The zero-order valence-corrected chi connectivity index (χ0v) is 22.9. The minimum Gasteiger partial charge on any atom is -0.490 e. The van der Waals surface area contributed by atoms with E-state index in [0.29, 0.717) is 29.4 Å². The van der Waals surface area contributed by atoms with Crippen molar-refractivity contribution in [2.75, 3.05) is 18.5 Å². The number of carbonyl (C=O) groups excluding carboxylic acids is 3. The van der Waals surface area contributed by atoms with E-state index in [1.54, 1.807) is 18.2 Å². The first-order valence-electron chi connectivity index (χ1n) is 11.9. The van der Waals surface area contributed by atoms with Crippen LogP contribution >= 0.6 is 15.9 Å². The summed E-state index contributed by atoms with van der Waals surface area (Å²) < 4.78 is 12.2. The summed E-state index contributed by atoms with van der Waals surface area (Å²) >= 11 is 3.40. The van der Waals surface area contributed by atoms with Gasteiger partial charge in [0.25, 0.3) is 5.91 Å². The molecular formula is C28H29BrN4O5. The van der Waals surface area contributed by atoms with E-state index in [-0.39, 0.29) is 19.1 Å². The predicted molar refractivity (Wildman–Crippen MR) is 149 cm³/mol. The molecule has 0 radical (unpaired) electrons. The lowest BCUT2D eigenvalue weighted by Gasteiger charge is -2.13. The van der Waals surface area contributed by atoms with Gasteiger partial charge in [-0.15, -0.1) is 0 Å². The molecule has 3 amide bonds. The Balaban J connectivity index is 1.52. The van der Waals surface area contributed by atoms with Crippen LogP contribution < -0.4 is 25.5 Å². The summed E-state index contributed by atoms with van der Waals surface area (Å²) in [5.41, 5.74) is 6.40. The van der Waals surface area contributed by atoms with E-state index in [1.165, 1.54) is 6.21 Å². The number of anilines is 1. The Bertz CT molecular complexity index is 1330. The fourth-order valence-corrected chi connectivity index (χ4v) is 3.75. The number of rotatable bonds is 10. The molecule has 0 atom stereocenters. The zero-order valence-electron chi connectivity index (χ0n) is 21.3. The molecule has 3 rings (SSSR count). The van der Waals surface area contributed by atoms with Crippen LogP contribution in [0.1, 0.15) is 29.2 Å². The highest BCUT2D eigenvalue weighted by molar-refractivity contribution is 9.10. The van der Waals surface area contributed by atoms with Gasteiger partial charge in [0.05, 0.1) is 12.8 Å². The first-order chi connectivity index (χ1) is 18.2. The van der Waals surface area contributed by atoms with E-state index < -0.39 is 11.8 Å². The van der Waals surface area contributed by atoms with Gasteiger partial charge in [0.2, 0.25) is 0 Å². The van der Waals surface area contributed by atoms with E-state index in [2.05, 4.69) is 37.1 Å². The molecule has 0 aliphatic rings. The van der Waals surface area contributed by atoms with Gasteiger partial charge in [0.1, 0.15) is 0 Å². The summed E-state index contributed by atoms with van der Waals surface area (Å²) in [6.07, 6.45) is 1.38. The van der Waals surface area contributed by atoms with Gasteiger partial charge in [-0.3, -0.25) is 14.4 Å². The van der Waals surface area contributed by atoms with Crippen LogP contribution in [-0.4, -0.2) is 37.1 Å². The normalized spacial score (nSPS) is 10.6. The first-order valence-corrected chi connectivity index (χ1v) is 12.7. The molecular weight excluding hydrogens is 552 g/mol. The molecule has 0 saturated carbocycles. The molecule has 10 heteroatoms. The van der Waals surface area contributed by atoms with Crippen molar-refractivity contribution in [3.8, 4) is 11.5 Å². The number of aryl methyl sites for hydroxylation is 2. The molecule has 0 aromatic heterocycles. The fourth-order valence-electron chi connectivity index (χ4n) is 3.27. The quantitative estimate of drug-likeness (QED) is 0.188. The Morgan fingerprint density at radius 3 is 2.39 bits per heavy atom. The monoisotopic (exact) mass is 580 g/mol. The third-order valence-corrected chi connectivity index (χ3v) is 5.74. The number of hydrazone groups is 1. The lowest BCUT2D eigenvalue weighted by molar-refractivity contribution is -0.139. The molecule has 0 fully saturated rings. The number of nitrogens with one attached hydrogen (secondary N) is 3. The van der Waals surface area contributed by atoms with E-state index in [0.717, 1.165) is 21.2 Å². The fraction of sp³-hybridized carbons (Fsp3) is 0.214. The van der Waals surface area contributed by atoms with Crippen LogP contribution in [0.3, 0.4) is 0 Å². The summed E-state index contributed by atoms with van der Waals surface area (Å²) in [6, 6.07) is 18.2. The summed E-state index contributed by atoms with van der Waals surface area (Å²) in [4.78, 5) is 36.4. The van der Waals surface area contributed by atoms with Crippen molar-refractivity contribution in [2.45, 2.75) is 27.3 Å². The lowest BCUT2D eigenvalue weighted by atomic mass is 10.1. The highest BCUT2D eigenvalue weighted by Crippen LogP contribution is 2.28. The molecule has 0 aliphatic carbocycles. The van der Waals surface area contributed by atoms with Crippen molar-refractivity contribution in [2.24, 2.45) is 5.10 Å². The lowest BCUT2D eigenvalue weighted by Crippen LogP contribution is -2.37. The standard InChI is InChI=1S/C28H29BrN4O5/c1-4-37-25-14-21(16-31-33-28(36)27(35)30-15-20-7-5-18(2)6-8-20)9-12-24(25)38-17-26(34)32-23-11-10-22(29)13-19(23)3/h5-14,16H,4,15,17H2,1-3H3,(H,30,35)(H,32,34)(H,33,36)/b31-16-. The second-order valence-electron chi connectivity index (χ2n) is 8.30. The van der Waals surface area contributed by atoms with Crippen molar-refractivity contribution < 1.29 is 23.9 Å². The van der Waals surface area contributed by atoms with E-state index >= 15 is 0 Å². The van der Waals surface area contributed by atoms with Crippen LogP contribution in [0.4, 0.5) is 5.69 Å². The minimum atomic E-state index is -0.884. The number of nitrogens with zero attached hydrogens (tertiary/aromatic N) is 1. The molecule has 3 aromatic carbocycles. The molecule has 9 nitrogen and oxygen atoms in total. The molecule has 3 aromatic rings. The van der Waals surface area contributed by atoms with Crippen molar-refractivity contribution in [3.05, 3.63) is 87.4 Å². The Kier molecular flexibility index (Phi) is 10.4. The molecule has 0 heterocycles. The largest absolute Gasteiger partial charge is 0.490 e. The van der Waals surface area contributed by atoms with Gasteiger partial charge in [0, 0.05) is 16.7 Å². The van der Waals surface area contributed by atoms with E-state index in [9.17, 15) is 14.4 Å². The Labute approximate surface area is 229 Å². The van der Waals surface area contributed by atoms with Gasteiger partial charge in [-0.25, -0.2) is 5.43 Å². The van der Waals surface area contributed by atoms with Gasteiger partial charge in [0.15, 0.2) is 18.1 Å². The summed E-state index contributed by atoms with van der Waals surface area (Å²) in [5, 5.41) is 9.21. The number of benzene rings is 3. The topological polar surface area (TPSA) is 118 Å². The summed E-state index contributed by atoms with van der Waals surface area (Å²) in [7, 11) is 0. The van der Waals surface area contributed by atoms with Crippen molar-refractivity contribution in [3.63, 3.8) is 0 Å². The zero-order chi connectivity index (χ0) is 27.5. The van der Waals surface area contributed by atoms with Gasteiger partial charge in [-0.05, 0) is 73.9 Å². The maximum Gasteiger partial charge on any atom is 0.329 e. The van der Waals surface area contributed by atoms with Crippen LogP contribution in [0.15, 0.2) is 70.2 Å². The molecule has 3 N–H and O–H groups in total. The molecule has 38 heavy (non-hydrogen) atoms. The smallest absolute Gasteiger partial charge is 0.329 e. The van der Waals surface area contributed by atoms with Gasteiger partial charge in [-0.2, -0.15) is 5.10 Å². The second kappa shape index (κ2) is 13.9. The third-order valence-electron chi connectivity index (χ3n) is 5.25. The number of halogens is 1. The highest BCUT2D eigenvalue weighted by Gasteiger charge is 2.13. The Hall–Kier alpha value is -4.18. The average Bonchev–Trinajstić information content (AvgIpc) is 2.89. The summed E-state index contributed by atoms with van der Waals surface area (Å²) in [6.45, 7) is 6.08. The third kappa shape index (κ3) is 8.74. The number of hydrogen-bond acceptors (Lipinski definition) is 6. The molecule has 198 valence electrons. The number of ether oxygens (including phenoxy) is 2. The number of hydrogen-bond donors (Lipinski definition) is 3. The van der Waals surface area contributed by atoms with Crippen molar-refractivity contribution in [1.29, 1.82) is 0 Å². The molecule has 0 unspecified atom stereocenters. The molecule has 0 spiro atoms. The van der Waals surface area contributed by atoms with Gasteiger partial charge in [-0.1, -0.05) is 45.8 Å².